The van der Waals surface area contributed by atoms with E-state index in [-0.39, 0.29) is 17.3 Å². The summed E-state index contributed by atoms with van der Waals surface area (Å²) in [6.07, 6.45) is 0.757. The fourth-order valence-corrected chi connectivity index (χ4v) is 2.51. The second-order valence-electron chi connectivity index (χ2n) is 3.76. The van der Waals surface area contributed by atoms with Crippen molar-refractivity contribution in [3.63, 3.8) is 0 Å². The molecular formula is C12H21ClN2O3S. The summed E-state index contributed by atoms with van der Waals surface area (Å²) in [4.78, 5) is 0.260. The average molecular weight is 309 g/mol. The lowest BCUT2D eigenvalue weighted by Crippen LogP contribution is -2.26. The maximum atomic E-state index is 11.9. The van der Waals surface area contributed by atoms with Gasteiger partial charge in [0, 0.05) is 6.54 Å². The highest BCUT2D eigenvalue weighted by molar-refractivity contribution is 7.89. The molecular weight excluding hydrogens is 288 g/mol. The molecule has 7 heteroatoms. The van der Waals surface area contributed by atoms with Gasteiger partial charge in [0.15, 0.2) is 0 Å². The Morgan fingerprint density at radius 2 is 1.79 bits per heavy atom. The molecule has 0 unspecified atom stereocenters. The molecule has 0 aromatic heterocycles. The minimum absolute atomic E-state index is 0. The Morgan fingerprint density at radius 1 is 1.16 bits per heavy atom. The fraction of sp³-hybridized carbons (Fsp3) is 0.500. The van der Waals surface area contributed by atoms with Crippen LogP contribution in [-0.4, -0.2) is 35.2 Å². The standard InChI is InChI=1S/C12H20N2O3S.ClH/c1-3-17-11-5-7-12(8-6-11)18(15,16)14-10-4-9-13-2;/h5-8,13-14H,3-4,9-10H2,1-2H3;1H. The minimum atomic E-state index is -3.41. The molecule has 5 nitrogen and oxygen atoms in total. The molecule has 0 aliphatic heterocycles. The maximum absolute atomic E-state index is 11.9. The SMILES string of the molecule is CCOc1ccc(S(=O)(=O)NCCCNC)cc1.Cl. The van der Waals surface area contributed by atoms with E-state index in [0.29, 0.717) is 18.9 Å². The molecule has 0 saturated carbocycles. The number of halogens is 1. The maximum Gasteiger partial charge on any atom is 0.240 e. The van der Waals surface area contributed by atoms with Crippen molar-refractivity contribution < 1.29 is 13.2 Å². The van der Waals surface area contributed by atoms with E-state index in [2.05, 4.69) is 10.0 Å². The second kappa shape index (κ2) is 9.14. The Bertz CT molecular complexity index is 449. The highest BCUT2D eigenvalue weighted by Gasteiger charge is 2.12. The third-order valence-corrected chi connectivity index (χ3v) is 3.82. The van der Waals surface area contributed by atoms with Crippen LogP contribution in [0.1, 0.15) is 13.3 Å². The number of hydrogen-bond acceptors (Lipinski definition) is 4. The van der Waals surface area contributed by atoms with Crippen LogP contribution in [-0.2, 0) is 10.0 Å². The largest absolute Gasteiger partial charge is 0.494 e. The summed E-state index contributed by atoms with van der Waals surface area (Å²) in [5.74, 6) is 0.673. The van der Waals surface area contributed by atoms with Crippen LogP contribution in [0.5, 0.6) is 5.75 Å². The van der Waals surface area contributed by atoms with Gasteiger partial charge in [-0.2, -0.15) is 0 Å². The van der Waals surface area contributed by atoms with Crippen LogP contribution in [0.4, 0.5) is 0 Å². The van der Waals surface area contributed by atoms with E-state index in [4.69, 9.17) is 4.74 Å². The number of nitrogens with one attached hydrogen (secondary N) is 2. The highest BCUT2D eigenvalue weighted by Crippen LogP contribution is 2.15. The van der Waals surface area contributed by atoms with Crippen LogP contribution >= 0.6 is 12.4 Å². The van der Waals surface area contributed by atoms with Crippen molar-refractivity contribution in [3.05, 3.63) is 24.3 Å². The summed E-state index contributed by atoms with van der Waals surface area (Å²) in [6, 6.07) is 6.41. The van der Waals surface area contributed by atoms with E-state index in [9.17, 15) is 8.42 Å². The number of rotatable bonds is 8. The van der Waals surface area contributed by atoms with Gasteiger partial charge in [0.05, 0.1) is 11.5 Å². The second-order valence-corrected chi connectivity index (χ2v) is 5.53. The molecule has 0 bridgehead atoms. The monoisotopic (exact) mass is 308 g/mol. The minimum Gasteiger partial charge on any atom is -0.494 e. The molecule has 2 N–H and O–H groups in total. The van der Waals surface area contributed by atoms with Gasteiger partial charge in [-0.25, -0.2) is 13.1 Å². The van der Waals surface area contributed by atoms with Crippen molar-refractivity contribution in [2.24, 2.45) is 0 Å². The molecule has 0 amide bonds. The highest BCUT2D eigenvalue weighted by atomic mass is 35.5. The van der Waals surface area contributed by atoms with Gasteiger partial charge in [0.2, 0.25) is 10.0 Å². The first-order chi connectivity index (χ1) is 8.60. The summed E-state index contributed by atoms with van der Waals surface area (Å²) in [5, 5.41) is 2.96. The van der Waals surface area contributed by atoms with Crippen molar-refractivity contribution >= 4 is 22.4 Å². The summed E-state index contributed by atoms with van der Waals surface area (Å²) < 4.78 is 31.6. The van der Waals surface area contributed by atoms with Gasteiger partial charge in [-0.05, 0) is 51.2 Å². The molecule has 0 atom stereocenters. The lowest BCUT2D eigenvalue weighted by Gasteiger charge is -2.08. The molecule has 0 saturated heterocycles. The molecule has 110 valence electrons. The Hall–Kier alpha value is -0.820. The average Bonchev–Trinajstić information content (AvgIpc) is 2.36. The van der Waals surface area contributed by atoms with E-state index < -0.39 is 10.0 Å². The third-order valence-electron chi connectivity index (χ3n) is 2.34. The van der Waals surface area contributed by atoms with Crippen LogP contribution in [0.25, 0.3) is 0 Å². The van der Waals surface area contributed by atoms with Crippen molar-refractivity contribution in [3.8, 4) is 5.75 Å². The summed E-state index contributed by atoms with van der Waals surface area (Å²) in [5.41, 5.74) is 0. The van der Waals surface area contributed by atoms with Crippen molar-refractivity contribution in [2.45, 2.75) is 18.2 Å². The van der Waals surface area contributed by atoms with Crippen LogP contribution in [0.15, 0.2) is 29.2 Å². The Balaban J connectivity index is 0.00000324. The fourth-order valence-electron chi connectivity index (χ4n) is 1.44. The van der Waals surface area contributed by atoms with E-state index in [0.717, 1.165) is 13.0 Å². The van der Waals surface area contributed by atoms with Crippen LogP contribution in [0.2, 0.25) is 0 Å². The predicted molar refractivity (Wildman–Crippen MR) is 78.6 cm³/mol. The van der Waals surface area contributed by atoms with Crippen LogP contribution in [0, 0.1) is 0 Å². The van der Waals surface area contributed by atoms with Gasteiger partial charge >= 0.3 is 0 Å². The third kappa shape index (κ3) is 6.24. The first kappa shape index (κ1) is 18.2. The van der Waals surface area contributed by atoms with Gasteiger partial charge in [0.1, 0.15) is 5.75 Å². The Labute approximate surface area is 121 Å². The molecule has 0 aliphatic rings. The molecule has 1 aromatic rings. The first-order valence-electron chi connectivity index (χ1n) is 5.97. The van der Waals surface area contributed by atoms with Gasteiger partial charge < -0.3 is 10.1 Å². The number of sulfonamides is 1. The van der Waals surface area contributed by atoms with Gasteiger partial charge in [-0.1, -0.05) is 0 Å². The molecule has 19 heavy (non-hydrogen) atoms. The normalized spacial score (nSPS) is 10.8. The van der Waals surface area contributed by atoms with Crippen molar-refractivity contribution in [2.75, 3.05) is 26.7 Å². The first-order valence-corrected chi connectivity index (χ1v) is 7.45. The van der Waals surface area contributed by atoms with E-state index in [1.54, 1.807) is 24.3 Å². The number of ether oxygens (including phenoxy) is 1. The van der Waals surface area contributed by atoms with Crippen molar-refractivity contribution in [1.29, 1.82) is 0 Å². The van der Waals surface area contributed by atoms with Crippen LogP contribution < -0.4 is 14.8 Å². The Morgan fingerprint density at radius 3 is 2.32 bits per heavy atom. The quantitative estimate of drug-likeness (QED) is 0.712. The molecule has 1 aromatic carbocycles. The lowest BCUT2D eigenvalue weighted by molar-refractivity contribution is 0.340. The number of benzene rings is 1. The molecule has 0 radical (unpaired) electrons. The van der Waals surface area contributed by atoms with Crippen molar-refractivity contribution in [1.82, 2.24) is 10.0 Å². The molecule has 1 rings (SSSR count). The van der Waals surface area contributed by atoms with Gasteiger partial charge in [-0.15, -0.1) is 12.4 Å². The topological polar surface area (TPSA) is 67.4 Å². The summed E-state index contributed by atoms with van der Waals surface area (Å²) in [6.45, 7) is 3.66. The smallest absolute Gasteiger partial charge is 0.240 e. The predicted octanol–water partition coefficient (Wildman–Crippen LogP) is 1.39. The zero-order chi connectivity index (χ0) is 13.4. The zero-order valence-corrected chi connectivity index (χ0v) is 12.8. The molecule has 0 fully saturated rings. The summed E-state index contributed by atoms with van der Waals surface area (Å²) in [7, 11) is -1.57. The van der Waals surface area contributed by atoms with E-state index >= 15 is 0 Å². The van der Waals surface area contributed by atoms with Crippen LogP contribution in [0.3, 0.4) is 0 Å². The molecule has 0 aliphatic carbocycles. The molecule has 0 heterocycles. The van der Waals surface area contributed by atoms with Gasteiger partial charge in [0.25, 0.3) is 0 Å². The summed E-state index contributed by atoms with van der Waals surface area (Å²) >= 11 is 0. The lowest BCUT2D eigenvalue weighted by atomic mass is 10.3. The van der Waals surface area contributed by atoms with Gasteiger partial charge in [-0.3, -0.25) is 0 Å². The Kier molecular flexibility index (Phi) is 8.75. The zero-order valence-electron chi connectivity index (χ0n) is 11.2. The molecule has 0 spiro atoms. The number of hydrogen-bond donors (Lipinski definition) is 2. The van der Waals surface area contributed by atoms with E-state index in [1.807, 2.05) is 14.0 Å². The van der Waals surface area contributed by atoms with E-state index in [1.165, 1.54) is 0 Å².